The summed E-state index contributed by atoms with van der Waals surface area (Å²) in [7, 11) is 0. The van der Waals surface area contributed by atoms with E-state index in [4.69, 9.17) is 0 Å². The van der Waals surface area contributed by atoms with Gasteiger partial charge < -0.3 is 10.2 Å². The van der Waals surface area contributed by atoms with E-state index in [1.807, 2.05) is 0 Å². The minimum atomic E-state index is -0.302. The van der Waals surface area contributed by atoms with Crippen LogP contribution in [0.3, 0.4) is 0 Å². The van der Waals surface area contributed by atoms with E-state index in [0.717, 1.165) is 5.56 Å². The summed E-state index contributed by atoms with van der Waals surface area (Å²) in [6.45, 7) is 4.78. The minimum absolute atomic E-state index is 0.0516. The van der Waals surface area contributed by atoms with Crippen molar-refractivity contribution in [2.75, 3.05) is 19.6 Å². The summed E-state index contributed by atoms with van der Waals surface area (Å²) < 4.78 is 13.5. The van der Waals surface area contributed by atoms with Crippen molar-refractivity contribution < 1.29 is 14.0 Å². The van der Waals surface area contributed by atoms with Gasteiger partial charge in [0.1, 0.15) is 5.82 Å². The SMILES string of the molecule is C=CC(=O)N1CC(C(=O)NCCc2ccc(F)c(Br)c2)C1. The van der Waals surface area contributed by atoms with Gasteiger partial charge in [0.15, 0.2) is 0 Å². The predicted molar refractivity (Wildman–Crippen MR) is 81.1 cm³/mol. The normalized spacial score (nSPS) is 14.5. The largest absolute Gasteiger partial charge is 0.355 e. The molecule has 0 atom stereocenters. The summed E-state index contributed by atoms with van der Waals surface area (Å²) in [5, 5.41) is 2.83. The maximum atomic E-state index is 13.1. The highest BCUT2D eigenvalue weighted by Gasteiger charge is 2.34. The highest BCUT2D eigenvalue weighted by Crippen LogP contribution is 2.18. The Morgan fingerprint density at radius 2 is 2.19 bits per heavy atom. The number of nitrogens with one attached hydrogen (secondary N) is 1. The third kappa shape index (κ3) is 3.91. The Morgan fingerprint density at radius 1 is 1.48 bits per heavy atom. The first-order chi connectivity index (χ1) is 10.0. The molecule has 1 aliphatic rings. The lowest BCUT2D eigenvalue weighted by molar-refractivity contribution is -0.139. The van der Waals surface area contributed by atoms with Gasteiger partial charge in [-0.1, -0.05) is 12.6 Å². The number of hydrogen-bond donors (Lipinski definition) is 1. The van der Waals surface area contributed by atoms with Gasteiger partial charge in [-0.3, -0.25) is 9.59 Å². The monoisotopic (exact) mass is 354 g/mol. The van der Waals surface area contributed by atoms with Crippen molar-refractivity contribution in [3.8, 4) is 0 Å². The molecule has 1 heterocycles. The van der Waals surface area contributed by atoms with Crippen LogP contribution in [0.5, 0.6) is 0 Å². The van der Waals surface area contributed by atoms with Crippen LogP contribution in [0.1, 0.15) is 5.56 Å². The maximum Gasteiger partial charge on any atom is 0.246 e. The zero-order valence-electron chi connectivity index (χ0n) is 11.4. The van der Waals surface area contributed by atoms with E-state index in [1.165, 1.54) is 12.1 Å². The first-order valence-corrected chi connectivity index (χ1v) is 7.43. The van der Waals surface area contributed by atoms with E-state index in [9.17, 15) is 14.0 Å². The Hall–Kier alpha value is -1.69. The molecule has 0 bridgehead atoms. The minimum Gasteiger partial charge on any atom is -0.355 e. The molecular weight excluding hydrogens is 339 g/mol. The second-order valence-corrected chi connectivity index (χ2v) is 5.79. The van der Waals surface area contributed by atoms with Crippen LogP contribution in [-0.4, -0.2) is 36.3 Å². The molecule has 1 aromatic carbocycles. The summed E-state index contributed by atoms with van der Waals surface area (Å²) in [5.41, 5.74) is 0.945. The zero-order valence-corrected chi connectivity index (χ0v) is 13.0. The third-order valence-corrected chi connectivity index (χ3v) is 4.04. The van der Waals surface area contributed by atoms with E-state index >= 15 is 0 Å². The third-order valence-electron chi connectivity index (χ3n) is 3.44. The molecule has 1 aliphatic heterocycles. The first-order valence-electron chi connectivity index (χ1n) is 6.64. The lowest BCUT2D eigenvalue weighted by Crippen LogP contribution is -2.55. The molecule has 2 amide bonds. The van der Waals surface area contributed by atoms with Gasteiger partial charge in [-0.2, -0.15) is 0 Å². The highest BCUT2D eigenvalue weighted by atomic mass is 79.9. The Kier molecular flexibility index (Phi) is 5.12. The fraction of sp³-hybridized carbons (Fsp3) is 0.333. The topological polar surface area (TPSA) is 49.4 Å². The second-order valence-electron chi connectivity index (χ2n) is 4.93. The molecule has 1 N–H and O–H groups in total. The standard InChI is InChI=1S/C15H16BrFN2O2/c1-2-14(20)19-8-11(9-19)15(21)18-6-5-10-3-4-13(17)12(16)7-10/h2-4,7,11H,1,5-6,8-9H2,(H,18,21). The molecule has 21 heavy (non-hydrogen) atoms. The lowest BCUT2D eigenvalue weighted by Gasteiger charge is -2.37. The van der Waals surface area contributed by atoms with Crippen molar-refractivity contribution in [3.63, 3.8) is 0 Å². The number of nitrogens with zero attached hydrogens (tertiary/aromatic N) is 1. The Labute approximate surface area is 131 Å². The molecule has 0 spiro atoms. The molecule has 1 saturated heterocycles. The molecule has 0 unspecified atom stereocenters. The van der Waals surface area contributed by atoms with E-state index in [1.54, 1.807) is 17.0 Å². The Balaban J connectivity index is 1.72. The number of halogens is 2. The molecule has 0 radical (unpaired) electrons. The number of amides is 2. The zero-order chi connectivity index (χ0) is 15.4. The number of benzene rings is 1. The van der Waals surface area contributed by atoms with Crippen molar-refractivity contribution >= 4 is 27.7 Å². The quantitative estimate of drug-likeness (QED) is 0.821. The summed E-state index contributed by atoms with van der Waals surface area (Å²) >= 11 is 3.13. The summed E-state index contributed by atoms with van der Waals surface area (Å²) in [4.78, 5) is 24.7. The fourth-order valence-corrected chi connectivity index (χ4v) is 2.55. The number of carbonyl (C=O) groups excluding carboxylic acids is 2. The molecule has 6 heteroatoms. The van der Waals surface area contributed by atoms with Crippen LogP contribution in [-0.2, 0) is 16.0 Å². The lowest BCUT2D eigenvalue weighted by atomic mass is 9.99. The van der Waals surface area contributed by atoms with Crippen LogP contribution in [0.15, 0.2) is 35.3 Å². The fourth-order valence-electron chi connectivity index (χ4n) is 2.12. The van der Waals surface area contributed by atoms with Gasteiger partial charge in [-0.25, -0.2) is 4.39 Å². The molecule has 0 aromatic heterocycles. The predicted octanol–water partition coefficient (Wildman–Crippen LogP) is 1.89. The second kappa shape index (κ2) is 6.85. The number of carbonyl (C=O) groups is 2. The molecule has 1 fully saturated rings. The molecule has 0 aliphatic carbocycles. The van der Waals surface area contributed by atoms with Crippen molar-refractivity contribution in [2.24, 2.45) is 5.92 Å². The van der Waals surface area contributed by atoms with Crippen molar-refractivity contribution in [3.05, 3.63) is 46.7 Å². The van der Waals surface area contributed by atoms with Gasteiger partial charge in [0, 0.05) is 19.6 Å². The molecule has 112 valence electrons. The van der Waals surface area contributed by atoms with Crippen LogP contribution in [0.4, 0.5) is 4.39 Å². The van der Waals surface area contributed by atoms with E-state index in [0.29, 0.717) is 30.5 Å². The van der Waals surface area contributed by atoms with Crippen molar-refractivity contribution in [2.45, 2.75) is 6.42 Å². The van der Waals surface area contributed by atoms with E-state index in [2.05, 4.69) is 27.8 Å². The van der Waals surface area contributed by atoms with Gasteiger partial charge in [-0.15, -0.1) is 0 Å². The number of rotatable bonds is 5. The molecule has 4 nitrogen and oxygen atoms in total. The van der Waals surface area contributed by atoms with Gasteiger partial charge in [0.05, 0.1) is 10.4 Å². The number of likely N-dealkylation sites (tertiary alicyclic amines) is 1. The molecule has 0 saturated carbocycles. The summed E-state index contributed by atoms with van der Waals surface area (Å²) in [6, 6.07) is 4.79. The van der Waals surface area contributed by atoms with Crippen LogP contribution in [0.25, 0.3) is 0 Å². The highest BCUT2D eigenvalue weighted by molar-refractivity contribution is 9.10. The Bertz CT molecular complexity index is 571. The average Bonchev–Trinajstić information content (AvgIpc) is 2.41. The van der Waals surface area contributed by atoms with Crippen LogP contribution in [0.2, 0.25) is 0 Å². The van der Waals surface area contributed by atoms with Crippen molar-refractivity contribution in [1.82, 2.24) is 10.2 Å². The summed E-state index contributed by atoms with van der Waals surface area (Å²) in [5.74, 6) is -0.641. The van der Waals surface area contributed by atoms with Gasteiger partial charge in [-0.05, 0) is 46.1 Å². The average molecular weight is 355 g/mol. The maximum absolute atomic E-state index is 13.1. The van der Waals surface area contributed by atoms with E-state index in [-0.39, 0.29) is 23.5 Å². The smallest absolute Gasteiger partial charge is 0.246 e. The van der Waals surface area contributed by atoms with Gasteiger partial charge in [0.2, 0.25) is 11.8 Å². The van der Waals surface area contributed by atoms with Gasteiger partial charge >= 0.3 is 0 Å². The Morgan fingerprint density at radius 3 is 2.81 bits per heavy atom. The van der Waals surface area contributed by atoms with E-state index < -0.39 is 0 Å². The van der Waals surface area contributed by atoms with Crippen molar-refractivity contribution in [1.29, 1.82) is 0 Å². The van der Waals surface area contributed by atoms with Gasteiger partial charge in [0.25, 0.3) is 0 Å². The first kappa shape index (κ1) is 15.7. The molecule has 2 rings (SSSR count). The summed E-state index contributed by atoms with van der Waals surface area (Å²) in [6.07, 6.45) is 1.88. The molecule has 1 aromatic rings. The molecular formula is C15H16BrFN2O2. The van der Waals surface area contributed by atoms with Crippen LogP contribution in [0, 0.1) is 11.7 Å². The van der Waals surface area contributed by atoms with Crippen LogP contribution >= 0.6 is 15.9 Å². The van der Waals surface area contributed by atoms with Crippen LogP contribution < -0.4 is 5.32 Å². The number of hydrogen-bond acceptors (Lipinski definition) is 2.